The molecule has 0 spiro atoms. The van der Waals surface area contributed by atoms with Crippen molar-refractivity contribution in [3.8, 4) is 0 Å². The summed E-state index contributed by atoms with van der Waals surface area (Å²) < 4.78 is 5.31. The molecule has 0 aromatic rings. The summed E-state index contributed by atoms with van der Waals surface area (Å²) in [5, 5.41) is 0. The molecule has 2 aliphatic rings. The summed E-state index contributed by atoms with van der Waals surface area (Å²) >= 11 is 0. The van der Waals surface area contributed by atoms with Crippen molar-refractivity contribution in [1.82, 2.24) is 0 Å². The van der Waals surface area contributed by atoms with E-state index in [1.54, 1.807) is 6.26 Å². The molecule has 2 heteroatoms. The number of rotatable bonds is 0. The fourth-order valence-electron chi connectivity index (χ4n) is 1.34. The maximum atomic E-state index is 5.31. The van der Waals surface area contributed by atoms with Gasteiger partial charge in [0.15, 0.2) is 0 Å². The first-order chi connectivity index (χ1) is 5.47. The van der Waals surface area contributed by atoms with Crippen molar-refractivity contribution in [2.24, 2.45) is 4.99 Å². The summed E-state index contributed by atoms with van der Waals surface area (Å²) in [4.78, 5) is 4.29. The Morgan fingerprint density at radius 3 is 3.45 bits per heavy atom. The highest BCUT2D eigenvalue weighted by Gasteiger charge is 2.12. The first kappa shape index (κ1) is 6.65. The maximum Gasteiger partial charge on any atom is 0.216 e. The van der Waals surface area contributed by atoms with E-state index < -0.39 is 0 Å². The predicted molar refractivity (Wildman–Crippen MR) is 44.5 cm³/mol. The fourth-order valence-corrected chi connectivity index (χ4v) is 1.34. The number of fused-ring (bicyclic) bond motifs is 1. The van der Waals surface area contributed by atoms with Crippen molar-refractivity contribution >= 4 is 5.90 Å². The first-order valence-electron chi connectivity index (χ1n) is 4.02. The fraction of sp³-hybridized carbons (Fsp3) is 0.444. The Kier molecular flexibility index (Phi) is 1.76. The van der Waals surface area contributed by atoms with Crippen LogP contribution >= 0.6 is 0 Å². The largest absolute Gasteiger partial charge is 0.447 e. The minimum atomic E-state index is 0.838. The Labute approximate surface area is 66.3 Å². The Hall–Kier alpha value is -1.05. The molecule has 2 aliphatic heterocycles. The van der Waals surface area contributed by atoms with Crippen molar-refractivity contribution in [3.05, 3.63) is 24.0 Å². The lowest BCUT2D eigenvalue weighted by Crippen LogP contribution is -2.10. The normalized spacial score (nSPS) is 22.5. The van der Waals surface area contributed by atoms with Crippen molar-refractivity contribution < 1.29 is 4.74 Å². The SMILES string of the molecule is C1=COC2=NCCCC2=CC1. The summed E-state index contributed by atoms with van der Waals surface area (Å²) in [5.74, 6) is 0.838. The van der Waals surface area contributed by atoms with Gasteiger partial charge in [-0.3, -0.25) is 4.99 Å². The summed E-state index contributed by atoms with van der Waals surface area (Å²) in [6, 6.07) is 0. The number of allylic oxidation sites excluding steroid dienone is 2. The van der Waals surface area contributed by atoms with E-state index in [4.69, 9.17) is 4.74 Å². The zero-order valence-corrected chi connectivity index (χ0v) is 6.42. The molecular weight excluding hydrogens is 138 g/mol. The van der Waals surface area contributed by atoms with E-state index in [1.165, 1.54) is 12.0 Å². The highest BCUT2D eigenvalue weighted by atomic mass is 16.5. The molecule has 2 heterocycles. The molecule has 0 amide bonds. The van der Waals surface area contributed by atoms with Gasteiger partial charge in [-0.05, 0) is 25.3 Å². The van der Waals surface area contributed by atoms with E-state index in [1.807, 2.05) is 6.08 Å². The van der Waals surface area contributed by atoms with E-state index in [9.17, 15) is 0 Å². The van der Waals surface area contributed by atoms with Crippen LogP contribution < -0.4 is 0 Å². The van der Waals surface area contributed by atoms with Gasteiger partial charge in [-0.15, -0.1) is 0 Å². The first-order valence-corrected chi connectivity index (χ1v) is 4.02. The van der Waals surface area contributed by atoms with Crippen LogP contribution in [-0.2, 0) is 4.74 Å². The van der Waals surface area contributed by atoms with Crippen LogP contribution in [0.2, 0.25) is 0 Å². The van der Waals surface area contributed by atoms with E-state index in [0.717, 1.165) is 25.3 Å². The van der Waals surface area contributed by atoms with Gasteiger partial charge in [0.05, 0.1) is 6.26 Å². The van der Waals surface area contributed by atoms with Crippen LogP contribution in [0.3, 0.4) is 0 Å². The molecule has 0 aromatic carbocycles. The third kappa shape index (κ3) is 1.34. The van der Waals surface area contributed by atoms with E-state index in [0.29, 0.717) is 0 Å². The lowest BCUT2D eigenvalue weighted by molar-refractivity contribution is 0.461. The van der Waals surface area contributed by atoms with Crippen molar-refractivity contribution in [3.63, 3.8) is 0 Å². The summed E-state index contributed by atoms with van der Waals surface area (Å²) in [5.41, 5.74) is 1.28. The molecule has 11 heavy (non-hydrogen) atoms. The molecule has 2 nitrogen and oxygen atoms in total. The molecule has 0 bridgehead atoms. The van der Waals surface area contributed by atoms with Gasteiger partial charge in [0.25, 0.3) is 0 Å². The van der Waals surface area contributed by atoms with E-state index in [-0.39, 0.29) is 0 Å². The van der Waals surface area contributed by atoms with Gasteiger partial charge in [0.2, 0.25) is 5.90 Å². The van der Waals surface area contributed by atoms with Gasteiger partial charge in [-0.25, -0.2) is 0 Å². The molecular formula is C9H11NO. The van der Waals surface area contributed by atoms with Crippen LogP contribution in [0.1, 0.15) is 19.3 Å². The van der Waals surface area contributed by atoms with Crippen molar-refractivity contribution in [1.29, 1.82) is 0 Å². The topological polar surface area (TPSA) is 21.6 Å². The van der Waals surface area contributed by atoms with Crippen LogP contribution in [0.25, 0.3) is 0 Å². The molecule has 2 rings (SSSR count). The second-order valence-electron chi connectivity index (χ2n) is 2.75. The molecule has 0 unspecified atom stereocenters. The standard InChI is InChI=1S/C9H11NO/c1-2-7-11-9-8(4-1)5-3-6-10-9/h2,4,7H,1,3,5-6H2. The van der Waals surface area contributed by atoms with Gasteiger partial charge >= 0.3 is 0 Å². The highest BCUT2D eigenvalue weighted by Crippen LogP contribution is 2.17. The van der Waals surface area contributed by atoms with Crippen LogP contribution in [0.4, 0.5) is 0 Å². The third-order valence-corrected chi connectivity index (χ3v) is 1.91. The average molecular weight is 149 g/mol. The maximum absolute atomic E-state index is 5.31. The van der Waals surface area contributed by atoms with E-state index in [2.05, 4.69) is 11.1 Å². The quantitative estimate of drug-likeness (QED) is 0.516. The number of aliphatic imine (C=N–C) groups is 1. The van der Waals surface area contributed by atoms with Gasteiger partial charge in [-0.1, -0.05) is 6.08 Å². The zero-order chi connectivity index (χ0) is 7.52. The number of nitrogens with zero attached hydrogens (tertiary/aromatic N) is 1. The molecule has 0 radical (unpaired) electrons. The molecule has 0 atom stereocenters. The Morgan fingerprint density at radius 2 is 2.45 bits per heavy atom. The molecule has 0 aromatic heterocycles. The minimum absolute atomic E-state index is 0.838. The molecule has 58 valence electrons. The molecule has 0 N–H and O–H groups in total. The Balaban J connectivity index is 2.27. The summed E-state index contributed by atoms with van der Waals surface area (Å²) in [6.07, 6.45) is 9.20. The molecule has 0 saturated heterocycles. The monoisotopic (exact) mass is 149 g/mol. The number of ether oxygens (including phenoxy) is 1. The highest BCUT2D eigenvalue weighted by molar-refractivity contribution is 5.94. The molecule has 0 aliphatic carbocycles. The van der Waals surface area contributed by atoms with Gasteiger partial charge in [0.1, 0.15) is 0 Å². The average Bonchev–Trinajstić information content (AvgIpc) is 2.28. The van der Waals surface area contributed by atoms with Gasteiger partial charge in [0, 0.05) is 12.1 Å². The third-order valence-electron chi connectivity index (χ3n) is 1.91. The number of hydrogen-bond donors (Lipinski definition) is 0. The Bertz CT molecular complexity index is 238. The predicted octanol–water partition coefficient (Wildman–Crippen LogP) is 2.04. The van der Waals surface area contributed by atoms with E-state index >= 15 is 0 Å². The second-order valence-corrected chi connectivity index (χ2v) is 2.75. The Morgan fingerprint density at radius 1 is 1.45 bits per heavy atom. The van der Waals surface area contributed by atoms with Crippen molar-refractivity contribution in [2.75, 3.05) is 6.54 Å². The van der Waals surface area contributed by atoms with Crippen LogP contribution in [0, 0.1) is 0 Å². The van der Waals surface area contributed by atoms with Gasteiger partial charge in [-0.2, -0.15) is 0 Å². The van der Waals surface area contributed by atoms with Crippen LogP contribution in [0.5, 0.6) is 0 Å². The second kappa shape index (κ2) is 2.91. The lowest BCUT2D eigenvalue weighted by Gasteiger charge is -2.12. The smallest absolute Gasteiger partial charge is 0.216 e. The molecule has 0 fully saturated rings. The van der Waals surface area contributed by atoms with Crippen molar-refractivity contribution in [2.45, 2.75) is 19.3 Å². The zero-order valence-electron chi connectivity index (χ0n) is 6.42. The minimum Gasteiger partial charge on any atom is -0.447 e. The summed E-state index contributed by atoms with van der Waals surface area (Å²) in [7, 11) is 0. The summed E-state index contributed by atoms with van der Waals surface area (Å²) in [6.45, 7) is 0.917. The van der Waals surface area contributed by atoms with Crippen LogP contribution in [0.15, 0.2) is 29.0 Å². The number of hydrogen-bond acceptors (Lipinski definition) is 2. The van der Waals surface area contributed by atoms with Gasteiger partial charge < -0.3 is 4.74 Å². The lowest BCUT2D eigenvalue weighted by atomic mass is 10.1. The van der Waals surface area contributed by atoms with Crippen LogP contribution in [-0.4, -0.2) is 12.4 Å². The molecule has 0 saturated carbocycles.